The molecule has 0 unspecified atom stereocenters. The topological polar surface area (TPSA) is 73.6 Å². The number of benzene rings is 1. The molecule has 1 heterocycles. The molecular formula is C16H18ClN3O3. The minimum Gasteiger partial charge on any atom is -0.356 e. The van der Waals surface area contributed by atoms with Gasteiger partial charge in [0, 0.05) is 23.5 Å². The summed E-state index contributed by atoms with van der Waals surface area (Å²) in [5.74, 6) is -0.340. The van der Waals surface area contributed by atoms with Crippen LogP contribution in [0.3, 0.4) is 0 Å². The quantitative estimate of drug-likeness (QED) is 0.744. The summed E-state index contributed by atoms with van der Waals surface area (Å²) in [6.45, 7) is 2.89. The number of hydrogen-bond donors (Lipinski definition) is 0. The molecular weight excluding hydrogens is 318 g/mol. The summed E-state index contributed by atoms with van der Waals surface area (Å²) in [4.78, 5) is 26.7. The molecule has 0 saturated heterocycles. The maximum atomic E-state index is 12.0. The first-order chi connectivity index (χ1) is 11.1. The zero-order valence-corrected chi connectivity index (χ0v) is 13.7. The Labute approximate surface area is 140 Å². The van der Waals surface area contributed by atoms with Gasteiger partial charge in [0.25, 0.3) is 0 Å². The van der Waals surface area contributed by atoms with Crippen LogP contribution in [0.4, 0.5) is 11.4 Å². The minimum absolute atomic E-state index is 0.0542. The number of hydrogen-bond acceptors (Lipinski definition) is 5. The summed E-state index contributed by atoms with van der Waals surface area (Å²) >= 11 is 5.65. The van der Waals surface area contributed by atoms with E-state index in [0.717, 1.165) is 11.3 Å². The molecule has 2 rings (SSSR count). The average Bonchev–Trinajstić information content (AvgIpc) is 2.54. The van der Waals surface area contributed by atoms with E-state index in [4.69, 9.17) is 21.6 Å². The van der Waals surface area contributed by atoms with Gasteiger partial charge in [-0.15, -0.1) is 11.6 Å². The second kappa shape index (κ2) is 7.95. The summed E-state index contributed by atoms with van der Waals surface area (Å²) in [5.41, 5.74) is 2.51. The molecule has 0 radical (unpaired) electrons. The molecule has 0 N–H and O–H groups in total. The third kappa shape index (κ3) is 4.21. The number of carbonyl (C=O) groups excluding carboxylic acids is 2. The molecule has 1 aliphatic heterocycles. The van der Waals surface area contributed by atoms with Crippen molar-refractivity contribution in [3.8, 4) is 6.07 Å². The Morgan fingerprint density at radius 3 is 2.91 bits per heavy atom. The Morgan fingerprint density at radius 1 is 1.48 bits per heavy atom. The number of Topliss-reactive ketones (excluding diaryl/α,β-unsaturated/α-hetero) is 1. The number of halogens is 1. The molecule has 1 aromatic carbocycles. The first kappa shape index (κ1) is 17.3. The number of nitrogens with zero attached hydrogens (tertiary/aromatic N) is 3. The molecule has 6 nitrogen and oxygen atoms in total. The number of rotatable bonds is 6. The lowest BCUT2D eigenvalue weighted by Gasteiger charge is -2.31. The number of nitriles is 1. The normalized spacial score (nSPS) is 13.2. The van der Waals surface area contributed by atoms with E-state index in [1.54, 1.807) is 6.07 Å². The summed E-state index contributed by atoms with van der Waals surface area (Å²) in [7, 11) is 0. The van der Waals surface area contributed by atoms with Crippen molar-refractivity contribution in [3.63, 3.8) is 0 Å². The summed E-state index contributed by atoms with van der Waals surface area (Å²) in [6, 6.07) is 7.56. The van der Waals surface area contributed by atoms with Gasteiger partial charge < -0.3 is 14.5 Å². The van der Waals surface area contributed by atoms with Crippen LogP contribution in [0.1, 0.15) is 18.9 Å². The van der Waals surface area contributed by atoms with Crippen molar-refractivity contribution in [2.45, 2.75) is 20.0 Å². The van der Waals surface area contributed by atoms with Crippen LogP contribution in [0.25, 0.3) is 0 Å². The second-order valence-electron chi connectivity index (χ2n) is 5.28. The minimum atomic E-state index is -0.251. The zero-order chi connectivity index (χ0) is 16.8. The number of amides is 1. The van der Waals surface area contributed by atoms with E-state index in [1.165, 1.54) is 11.8 Å². The fourth-order valence-corrected chi connectivity index (χ4v) is 2.67. The van der Waals surface area contributed by atoms with Crippen molar-refractivity contribution in [1.82, 2.24) is 0 Å². The molecule has 1 amide bonds. The van der Waals surface area contributed by atoms with E-state index in [0.29, 0.717) is 25.6 Å². The molecule has 122 valence electrons. The van der Waals surface area contributed by atoms with Gasteiger partial charge in [-0.05, 0) is 25.1 Å². The lowest BCUT2D eigenvalue weighted by Crippen LogP contribution is -2.36. The number of ketones is 1. The van der Waals surface area contributed by atoms with E-state index in [1.807, 2.05) is 23.1 Å². The van der Waals surface area contributed by atoms with Crippen molar-refractivity contribution in [3.05, 3.63) is 23.8 Å². The molecule has 1 aromatic rings. The monoisotopic (exact) mass is 335 g/mol. The van der Waals surface area contributed by atoms with Gasteiger partial charge in [0.1, 0.15) is 18.4 Å². The highest BCUT2D eigenvalue weighted by Crippen LogP contribution is 2.30. The fourth-order valence-electron chi connectivity index (χ4n) is 2.53. The van der Waals surface area contributed by atoms with Crippen LogP contribution in [-0.4, -0.2) is 37.4 Å². The summed E-state index contributed by atoms with van der Waals surface area (Å²) in [6.07, 6.45) is 0.229. The van der Waals surface area contributed by atoms with Crippen molar-refractivity contribution in [1.29, 1.82) is 5.26 Å². The van der Waals surface area contributed by atoms with Gasteiger partial charge in [-0.2, -0.15) is 5.26 Å². The fraction of sp³-hybridized carbons (Fsp3) is 0.438. The first-order valence-corrected chi connectivity index (χ1v) is 7.78. The number of fused-ring (bicyclic) bond motifs is 1. The van der Waals surface area contributed by atoms with Gasteiger partial charge in [-0.25, -0.2) is 0 Å². The first-order valence-electron chi connectivity index (χ1n) is 7.25. The average molecular weight is 336 g/mol. The molecule has 7 heteroatoms. The van der Waals surface area contributed by atoms with Crippen molar-refractivity contribution < 1.29 is 14.3 Å². The van der Waals surface area contributed by atoms with Crippen LogP contribution in [0, 0.1) is 11.3 Å². The van der Waals surface area contributed by atoms with E-state index >= 15 is 0 Å². The van der Waals surface area contributed by atoms with Gasteiger partial charge in [0.2, 0.25) is 5.91 Å². The molecule has 0 fully saturated rings. The largest absolute Gasteiger partial charge is 0.356 e. The maximum absolute atomic E-state index is 12.0. The van der Waals surface area contributed by atoms with Gasteiger partial charge in [0.15, 0.2) is 0 Å². The molecule has 0 bridgehead atoms. The van der Waals surface area contributed by atoms with E-state index in [-0.39, 0.29) is 30.5 Å². The number of ether oxygens (including phenoxy) is 1. The molecule has 0 aliphatic carbocycles. The van der Waals surface area contributed by atoms with Gasteiger partial charge in [-0.1, -0.05) is 0 Å². The second-order valence-corrected chi connectivity index (χ2v) is 5.54. The van der Waals surface area contributed by atoms with Crippen molar-refractivity contribution in [2.24, 2.45) is 0 Å². The third-order valence-electron chi connectivity index (χ3n) is 3.50. The Morgan fingerprint density at radius 2 is 2.26 bits per heavy atom. The van der Waals surface area contributed by atoms with Crippen LogP contribution in [0.15, 0.2) is 18.2 Å². The predicted molar refractivity (Wildman–Crippen MR) is 87.4 cm³/mol. The Balaban J connectivity index is 2.29. The number of anilines is 2. The highest BCUT2D eigenvalue weighted by molar-refractivity contribution is 6.29. The predicted octanol–water partition coefficient (Wildman–Crippen LogP) is 2.06. The van der Waals surface area contributed by atoms with E-state index in [2.05, 4.69) is 0 Å². The Bertz CT molecular complexity index is 642. The van der Waals surface area contributed by atoms with Crippen molar-refractivity contribution >= 4 is 34.7 Å². The standard InChI is InChI=1S/C16H18ClN3O3/c1-12(21)9-19-11-23-10-13-7-14(3-4-15(13)19)20(6-2-5-18)16(22)8-17/h3-4,7H,2,6,8-11H2,1H3. The molecule has 0 spiro atoms. The molecule has 23 heavy (non-hydrogen) atoms. The van der Waals surface area contributed by atoms with Crippen LogP contribution < -0.4 is 9.80 Å². The van der Waals surface area contributed by atoms with Crippen molar-refractivity contribution in [2.75, 3.05) is 35.5 Å². The maximum Gasteiger partial charge on any atom is 0.241 e. The summed E-state index contributed by atoms with van der Waals surface area (Å²) < 4.78 is 5.50. The van der Waals surface area contributed by atoms with Gasteiger partial charge in [-0.3, -0.25) is 9.59 Å². The highest BCUT2D eigenvalue weighted by Gasteiger charge is 2.21. The Hall–Kier alpha value is -2.10. The number of alkyl halides is 1. The smallest absolute Gasteiger partial charge is 0.241 e. The summed E-state index contributed by atoms with van der Waals surface area (Å²) in [5, 5.41) is 8.75. The molecule has 1 aliphatic rings. The van der Waals surface area contributed by atoms with E-state index in [9.17, 15) is 9.59 Å². The lowest BCUT2D eigenvalue weighted by molar-refractivity contribution is -0.117. The van der Waals surface area contributed by atoms with Crippen LogP contribution in [0.5, 0.6) is 0 Å². The van der Waals surface area contributed by atoms with Gasteiger partial charge >= 0.3 is 0 Å². The highest BCUT2D eigenvalue weighted by atomic mass is 35.5. The number of carbonyl (C=O) groups is 2. The van der Waals surface area contributed by atoms with Crippen LogP contribution in [0.2, 0.25) is 0 Å². The van der Waals surface area contributed by atoms with Crippen LogP contribution >= 0.6 is 11.6 Å². The molecule has 0 atom stereocenters. The Kier molecular flexibility index (Phi) is 5.97. The lowest BCUT2D eigenvalue weighted by atomic mass is 10.1. The van der Waals surface area contributed by atoms with E-state index < -0.39 is 0 Å². The van der Waals surface area contributed by atoms with Crippen LogP contribution in [-0.2, 0) is 20.9 Å². The SMILES string of the molecule is CC(=O)CN1COCc2cc(N(CCC#N)C(=O)CCl)ccc21. The van der Waals surface area contributed by atoms with Gasteiger partial charge in [0.05, 0.1) is 25.6 Å². The zero-order valence-electron chi connectivity index (χ0n) is 12.9. The third-order valence-corrected chi connectivity index (χ3v) is 3.72. The molecule has 0 aromatic heterocycles. The molecule has 0 saturated carbocycles.